The van der Waals surface area contributed by atoms with Gasteiger partial charge >= 0.3 is 0 Å². The van der Waals surface area contributed by atoms with E-state index in [0.717, 1.165) is 11.3 Å². The van der Waals surface area contributed by atoms with Crippen LogP contribution in [-0.4, -0.2) is 12.1 Å². The molecule has 0 N–H and O–H groups in total. The molecule has 0 rings (SSSR count). The van der Waals surface area contributed by atoms with Crippen molar-refractivity contribution >= 4 is 12.1 Å². The van der Waals surface area contributed by atoms with Crippen LogP contribution in [0.25, 0.3) is 0 Å². The van der Waals surface area contributed by atoms with Gasteiger partial charge in [-0.1, -0.05) is 49.1 Å². The van der Waals surface area contributed by atoms with Gasteiger partial charge in [-0.25, -0.2) is 9.98 Å². The van der Waals surface area contributed by atoms with Crippen LogP contribution in [0.1, 0.15) is 27.2 Å². The third kappa shape index (κ3) is 7.98. The number of allylic oxidation sites excluding steroid dienone is 9. The lowest BCUT2D eigenvalue weighted by Crippen LogP contribution is -2.00. The van der Waals surface area contributed by atoms with Gasteiger partial charge in [0, 0.05) is 6.42 Å². The highest BCUT2D eigenvalue weighted by Crippen LogP contribution is 2.06. The van der Waals surface area contributed by atoms with Gasteiger partial charge in [0.2, 0.25) is 0 Å². The molecule has 0 aromatic rings. The maximum absolute atomic E-state index is 4.41. The highest BCUT2D eigenvalue weighted by atomic mass is 14.9. The van der Waals surface area contributed by atoms with Crippen LogP contribution in [0.5, 0.6) is 0 Å². The minimum Gasteiger partial charge on any atom is -0.240 e. The summed E-state index contributed by atoms with van der Waals surface area (Å²) >= 11 is 0. The van der Waals surface area contributed by atoms with E-state index in [1.807, 2.05) is 69.4 Å². The summed E-state index contributed by atoms with van der Waals surface area (Å²) in [5.74, 6) is 0. The number of aliphatic imine (C=N–C) groups is 2. The lowest BCUT2D eigenvalue weighted by molar-refractivity contribution is 1.39. The van der Waals surface area contributed by atoms with Gasteiger partial charge in [-0.3, -0.25) is 0 Å². The predicted octanol–water partition coefficient (Wildman–Crippen LogP) is 5.20. The summed E-state index contributed by atoms with van der Waals surface area (Å²) in [6.07, 6.45) is 17.8. The Bertz CT molecular complexity index is 484. The lowest BCUT2D eigenvalue weighted by atomic mass is 10.1. The van der Waals surface area contributed by atoms with Gasteiger partial charge in [0.1, 0.15) is 6.34 Å². The Morgan fingerprint density at radius 3 is 2.30 bits per heavy atom. The fourth-order valence-electron chi connectivity index (χ4n) is 1.42. The van der Waals surface area contributed by atoms with Crippen LogP contribution in [0.15, 0.2) is 83.0 Å². The van der Waals surface area contributed by atoms with Crippen molar-refractivity contribution in [1.82, 2.24) is 0 Å². The molecule has 0 aliphatic carbocycles. The van der Waals surface area contributed by atoms with Crippen molar-refractivity contribution in [3.8, 4) is 0 Å². The first kappa shape index (κ1) is 17.8. The monoisotopic (exact) mass is 268 g/mol. The van der Waals surface area contributed by atoms with E-state index >= 15 is 0 Å². The van der Waals surface area contributed by atoms with E-state index in [1.165, 1.54) is 6.34 Å². The zero-order valence-corrected chi connectivity index (χ0v) is 12.7. The average Bonchev–Trinajstić information content (AvgIpc) is 2.43. The molecule has 0 aromatic heterocycles. The topological polar surface area (TPSA) is 24.7 Å². The van der Waals surface area contributed by atoms with Crippen LogP contribution >= 0.6 is 0 Å². The SMILES string of the molecule is C=CCC(=N\C=N/C(=C)/C=C\C)/C(/C=C\C)=C/C=C\C. The Labute approximate surface area is 123 Å². The molecular weight excluding hydrogens is 244 g/mol. The smallest absolute Gasteiger partial charge is 0.116 e. The second-order valence-corrected chi connectivity index (χ2v) is 3.95. The average molecular weight is 268 g/mol. The molecule has 20 heavy (non-hydrogen) atoms. The first-order valence-electron chi connectivity index (χ1n) is 6.67. The van der Waals surface area contributed by atoms with Gasteiger partial charge in [-0.05, 0) is 32.4 Å². The highest BCUT2D eigenvalue weighted by molar-refractivity contribution is 6.06. The molecule has 0 saturated heterocycles. The summed E-state index contributed by atoms with van der Waals surface area (Å²) in [6, 6.07) is 0. The Morgan fingerprint density at radius 1 is 1.05 bits per heavy atom. The molecule has 0 heterocycles. The Kier molecular flexibility index (Phi) is 10.5. The molecule has 0 bridgehead atoms. The summed E-state index contributed by atoms with van der Waals surface area (Å²) in [7, 11) is 0. The van der Waals surface area contributed by atoms with Crippen LogP contribution in [0.3, 0.4) is 0 Å². The molecule has 0 saturated carbocycles. The third-order valence-electron chi connectivity index (χ3n) is 2.28. The minimum atomic E-state index is 0.680. The molecule has 2 heteroatoms. The first-order valence-corrected chi connectivity index (χ1v) is 6.67. The van der Waals surface area contributed by atoms with Crippen LogP contribution < -0.4 is 0 Å². The fraction of sp³-hybridized carbons (Fsp3) is 0.222. The van der Waals surface area contributed by atoms with Crippen molar-refractivity contribution < 1.29 is 0 Å². The molecule has 0 aliphatic heterocycles. The highest BCUT2D eigenvalue weighted by Gasteiger charge is 2.00. The summed E-state index contributed by atoms with van der Waals surface area (Å²) in [6.45, 7) is 13.5. The molecule has 0 aromatic carbocycles. The van der Waals surface area contributed by atoms with Crippen molar-refractivity contribution in [2.75, 3.05) is 0 Å². The van der Waals surface area contributed by atoms with E-state index < -0.39 is 0 Å². The molecule has 0 spiro atoms. The van der Waals surface area contributed by atoms with Crippen LogP contribution in [-0.2, 0) is 0 Å². The van der Waals surface area contributed by atoms with E-state index in [-0.39, 0.29) is 0 Å². The normalized spacial score (nSPS) is 14.2. The van der Waals surface area contributed by atoms with Gasteiger partial charge < -0.3 is 0 Å². The predicted molar refractivity (Wildman–Crippen MR) is 92.4 cm³/mol. The Hall–Kier alpha value is -2.22. The van der Waals surface area contributed by atoms with Gasteiger partial charge in [-0.2, -0.15) is 0 Å². The van der Waals surface area contributed by atoms with Gasteiger partial charge in [0.15, 0.2) is 0 Å². The van der Waals surface area contributed by atoms with Crippen molar-refractivity contribution in [1.29, 1.82) is 0 Å². The van der Waals surface area contributed by atoms with Gasteiger partial charge in [0.25, 0.3) is 0 Å². The lowest BCUT2D eigenvalue weighted by Gasteiger charge is -2.03. The first-order chi connectivity index (χ1) is 9.69. The largest absolute Gasteiger partial charge is 0.240 e. The number of nitrogens with zero attached hydrogens (tertiary/aromatic N) is 2. The summed E-state index contributed by atoms with van der Waals surface area (Å²) in [5.41, 5.74) is 2.65. The maximum atomic E-state index is 4.41. The number of hydrogen-bond acceptors (Lipinski definition) is 1. The summed E-state index contributed by atoms with van der Waals surface area (Å²) < 4.78 is 0. The Balaban J connectivity index is 5.27. The van der Waals surface area contributed by atoms with E-state index in [1.54, 1.807) is 0 Å². The second-order valence-electron chi connectivity index (χ2n) is 3.95. The molecule has 0 fully saturated rings. The summed E-state index contributed by atoms with van der Waals surface area (Å²) in [4.78, 5) is 8.57. The fourth-order valence-corrected chi connectivity index (χ4v) is 1.42. The van der Waals surface area contributed by atoms with Gasteiger partial charge in [0.05, 0.1) is 11.4 Å². The van der Waals surface area contributed by atoms with E-state index in [0.29, 0.717) is 12.1 Å². The molecule has 0 aliphatic rings. The standard InChI is InChI=1S/C18H24N2/c1-6-10-14-17(12-8-3)18(13-9-4)20-15-19-16(5)11-7-2/h6-12,14-15H,4-5,13H2,1-3H3/b10-6-,11-7-,12-8-,17-14+,19-15-,20-18+. The molecular formula is C18H24N2. The molecule has 2 nitrogen and oxygen atoms in total. The van der Waals surface area contributed by atoms with Crippen LogP contribution in [0, 0.1) is 0 Å². The van der Waals surface area contributed by atoms with Crippen LogP contribution in [0.4, 0.5) is 0 Å². The van der Waals surface area contributed by atoms with Crippen molar-refractivity contribution in [3.63, 3.8) is 0 Å². The zero-order valence-electron chi connectivity index (χ0n) is 12.7. The van der Waals surface area contributed by atoms with Crippen molar-refractivity contribution in [2.45, 2.75) is 27.2 Å². The molecule has 0 atom stereocenters. The van der Waals surface area contributed by atoms with Crippen molar-refractivity contribution in [3.05, 3.63) is 73.0 Å². The molecule has 0 amide bonds. The molecule has 0 unspecified atom stereocenters. The second kappa shape index (κ2) is 11.8. The van der Waals surface area contributed by atoms with Gasteiger partial charge in [-0.15, -0.1) is 6.58 Å². The zero-order chi connectivity index (χ0) is 15.2. The maximum Gasteiger partial charge on any atom is 0.116 e. The minimum absolute atomic E-state index is 0.680. The number of hydrogen-bond donors (Lipinski definition) is 0. The molecule has 0 radical (unpaired) electrons. The van der Waals surface area contributed by atoms with Crippen molar-refractivity contribution in [2.24, 2.45) is 9.98 Å². The Morgan fingerprint density at radius 2 is 1.75 bits per heavy atom. The summed E-state index contributed by atoms with van der Waals surface area (Å²) in [5, 5.41) is 0. The quantitative estimate of drug-likeness (QED) is 0.250. The van der Waals surface area contributed by atoms with Crippen LogP contribution in [0.2, 0.25) is 0 Å². The number of rotatable bonds is 8. The molecule has 106 valence electrons. The van der Waals surface area contributed by atoms with E-state index in [9.17, 15) is 0 Å². The van der Waals surface area contributed by atoms with E-state index in [2.05, 4.69) is 23.1 Å². The van der Waals surface area contributed by atoms with E-state index in [4.69, 9.17) is 0 Å². The third-order valence-corrected chi connectivity index (χ3v) is 2.28.